The van der Waals surface area contributed by atoms with E-state index in [0.29, 0.717) is 35.4 Å². The number of thioether (sulfide) groups is 1. The highest BCUT2D eigenvalue weighted by Gasteiger charge is 2.36. The molecule has 2 aromatic rings. The van der Waals surface area contributed by atoms with E-state index in [1.807, 2.05) is 30.3 Å². The van der Waals surface area contributed by atoms with Crippen LogP contribution in [0, 0.1) is 5.92 Å². The van der Waals surface area contributed by atoms with Crippen LogP contribution in [-0.4, -0.2) is 93.1 Å². The van der Waals surface area contributed by atoms with Gasteiger partial charge in [0.15, 0.2) is 0 Å². The van der Waals surface area contributed by atoms with E-state index < -0.39 is 0 Å². The quantitative estimate of drug-likeness (QED) is 0.273. The average molecular weight is 597 g/mol. The summed E-state index contributed by atoms with van der Waals surface area (Å²) in [4.78, 5) is 34.9. The average Bonchev–Trinajstić information content (AvgIpc) is 3.76. The number of morpholine rings is 1. The van der Waals surface area contributed by atoms with Crippen molar-refractivity contribution in [3.8, 4) is 5.75 Å². The lowest BCUT2D eigenvalue weighted by Gasteiger charge is -2.34. The van der Waals surface area contributed by atoms with Gasteiger partial charge >= 0.3 is 0 Å². The number of anilines is 2. The van der Waals surface area contributed by atoms with E-state index in [4.69, 9.17) is 21.1 Å². The summed E-state index contributed by atoms with van der Waals surface area (Å²) < 4.78 is 11.4. The number of ether oxygens (including phenoxy) is 2. The standard InChI is InChI=1S/C31H37ClN4O4S/c32-27-20-24(4-9-28(27)35-15-18-39-19-16-35)21-29-30(37)36(31(38)41-29)25-5-7-26(8-6-25)40-17-1-10-33-11-13-34(14-12-33)22-23-2-3-23/h4-9,20-21,23H,1-3,10-19,22H2/b29-21-. The summed E-state index contributed by atoms with van der Waals surface area (Å²) in [5.41, 5.74) is 2.26. The van der Waals surface area contributed by atoms with Crippen LogP contribution in [0.15, 0.2) is 47.4 Å². The van der Waals surface area contributed by atoms with Crippen LogP contribution in [0.4, 0.5) is 16.2 Å². The summed E-state index contributed by atoms with van der Waals surface area (Å²) in [7, 11) is 0. The second-order valence-electron chi connectivity index (χ2n) is 11.1. The minimum absolute atomic E-state index is 0.316. The number of rotatable bonds is 10. The molecule has 0 unspecified atom stereocenters. The van der Waals surface area contributed by atoms with E-state index in [0.717, 1.165) is 73.8 Å². The summed E-state index contributed by atoms with van der Waals surface area (Å²) in [6.45, 7) is 10.5. The summed E-state index contributed by atoms with van der Waals surface area (Å²) in [5, 5.41) is 0.296. The van der Waals surface area contributed by atoms with Gasteiger partial charge in [0.2, 0.25) is 0 Å². The van der Waals surface area contributed by atoms with Crippen LogP contribution in [0.1, 0.15) is 24.8 Å². The van der Waals surface area contributed by atoms with E-state index in [9.17, 15) is 9.59 Å². The van der Waals surface area contributed by atoms with Crippen LogP contribution in [0.5, 0.6) is 5.75 Å². The van der Waals surface area contributed by atoms with E-state index in [2.05, 4.69) is 14.7 Å². The molecule has 2 amide bonds. The van der Waals surface area contributed by atoms with Gasteiger partial charge < -0.3 is 24.2 Å². The molecule has 218 valence electrons. The van der Waals surface area contributed by atoms with Crippen LogP contribution in [0.3, 0.4) is 0 Å². The van der Waals surface area contributed by atoms with Gasteiger partial charge in [0, 0.05) is 52.4 Å². The van der Waals surface area contributed by atoms with Crippen molar-refractivity contribution in [2.24, 2.45) is 5.92 Å². The maximum atomic E-state index is 13.2. The zero-order chi connectivity index (χ0) is 28.2. The topological polar surface area (TPSA) is 65.6 Å². The number of piperazine rings is 1. The number of hydrogen-bond acceptors (Lipinski definition) is 8. The van der Waals surface area contributed by atoms with Gasteiger partial charge in [0.25, 0.3) is 11.1 Å². The van der Waals surface area contributed by atoms with Gasteiger partial charge in [-0.2, -0.15) is 0 Å². The summed E-state index contributed by atoms with van der Waals surface area (Å²) in [5.74, 6) is 1.36. The van der Waals surface area contributed by atoms with E-state index in [1.165, 1.54) is 37.4 Å². The Kier molecular flexibility index (Phi) is 9.17. The minimum Gasteiger partial charge on any atom is -0.494 e. The first kappa shape index (κ1) is 28.6. The first-order valence-electron chi connectivity index (χ1n) is 14.6. The maximum absolute atomic E-state index is 13.2. The van der Waals surface area contributed by atoms with Crippen molar-refractivity contribution in [1.29, 1.82) is 0 Å². The van der Waals surface area contributed by atoms with Gasteiger partial charge in [-0.15, -0.1) is 0 Å². The Morgan fingerprint density at radius 1 is 0.951 bits per heavy atom. The zero-order valence-corrected chi connectivity index (χ0v) is 24.9. The third-order valence-electron chi connectivity index (χ3n) is 8.08. The molecule has 1 aliphatic carbocycles. The molecule has 4 fully saturated rings. The first-order valence-corrected chi connectivity index (χ1v) is 15.8. The molecule has 6 rings (SSSR count). The van der Waals surface area contributed by atoms with Gasteiger partial charge in [-0.3, -0.25) is 9.59 Å². The SMILES string of the molecule is O=C1S/C(=C\c2ccc(N3CCOCC3)c(Cl)c2)C(=O)N1c1ccc(OCCCN2CCN(CC3CC3)CC2)cc1. The molecule has 4 aliphatic rings. The lowest BCUT2D eigenvalue weighted by Crippen LogP contribution is -2.47. The lowest BCUT2D eigenvalue weighted by molar-refractivity contribution is -0.113. The van der Waals surface area contributed by atoms with Gasteiger partial charge in [-0.1, -0.05) is 17.7 Å². The number of hydrogen-bond donors (Lipinski definition) is 0. The second-order valence-corrected chi connectivity index (χ2v) is 12.5. The van der Waals surface area contributed by atoms with Crippen LogP contribution in [0.2, 0.25) is 5.02 Å². The molecule has 0 bridgehead atoms. The van der Waals surface area contributed by atoms with Crippen molar-refractivity contribution in [2.75, 3.05) is 82.0 Å². The molecule has 0 N–H and O–H groups in total. The molecule has 0 radical (unpaired) electrons. The number of nitrogens with zero attached hydrogens (tertiary/aromatic N) is 4. The molecule has 0 spiro atoms. The largest absolute Gasteiger partial charge is 0.494 e. The van der Waals surface area contributed by atoms with E-state index >= 15 is 0 Å². The Bertz CT molecular complexity index is 1270. The molecule has 8 nitrogen and oxygen atoms in total. The van der Waals surface area contributed by atoms with Gasteiger partial charge in [-0.05, 0) is 85.0 Å². The Hall–Kier alpha value is -2.56. The molecule has 10 heteroatoms. The highest BCUT2D eigenvalue weighted by atomic mass is 35.5. The fourth-order valence-electron chi connectivity index (χ4n) is 5.55. The number of imide groups is 1. The van der Waals surface area contributed by atoms with E-state index in [1.54, 1.807) is 18.2 Å². The Balaban J connectivity index is 0.986. The molecule has 41 heavy (non-hydrogen) atoms. The molecule has 2 aromatic carbocycles. The van der Waals surface area contributed by atoms with Gasteiger partial charge in [0.05, 0.1) is 41.1 Å². The van der Waals surface area contributed by atoms with Crippen LogP contribution >= 0.6 is 23.4 Å². The predicted octanol–water partition coefficient (Wildman–Crippen LogP) is 5.21. The third kappa shape index (κ3) is 7.27. The molecule has 3 heterocycles. The number of amides is 2. The summed E-state index contributed by atoms with van der Waals surface area (Å²) in [6, 6.07) is 12.9. The Labute approximate surface area is 251 Å². The normalized spacial score (nSPS) is 21.7. The monoisotopic (exact) mass is 596 g/mol. The molecule has 3 saturated heterocycles. The van der Waals surface area contributed by atoms with Crippen molar-refractivity contribution in [3.05, 3.63) is 58.0 Å². The van der Waals surface area contributed by atoms with Crippen molar-refractivity contribution >= 4 is 52.0 Å². The fourth-order valence-corrected chi connectivity index (χ4v) is 6.70. The van der Waals surface area contributed by atoms with Gasteiger partial charge in [-0.25, -0.2) is 4.90 Å². The van der Waals surface area contributed by atoms with Crippen molar-refractivity contribution in [2.45, 2.75) is 19.3 Å². The second kappa shape index (κ2) is 13.2. The number of halogens is 1. The molecule has 0 atom stereocenters. The number of carbonyl (C=O) groups is 2. The molecule has 1 saturated carbocycles. The van der Waals surface area contributed by atoms with Crippen molar-refractivity contribution in [1.82, 2.24) is 9.80 Å². The van der Waals surface area contributed by atoms with Crippen molar-refractivity contribution < 1.29 is 19.1 Å². The summed E-state index contributed by atoms with van der Waals surface area (Å²) >= 11 is 7.50. The summed E-state index contributed by atoms with van der Waals surface area (Å²) in [6.07, 6.45) is 5.53. The fraction of sp³-hybridized carbons (Fsp3) is 0.484. The van der Waals surface area contributed by atoms with E-state index in [-0.39, 0.29) is 11.1 Å². The number of carbonyl (C=O) groups excluding carboxylic acids is 2. The molecular formula is C31H37ClN4O4S. The Morgan fingerprint density at radius 3 is 2.39 bits per heavy atom. The Morgan fingerprint density at radius 2 is 1.68 bits per heavy atom. The zero-order valence-electron chi connectivity index (χ0n) is 23.3. The van der Waals surface area contributed by atoms with Crippen LogP contribution < -0.4 is 14.5 Å². The first-order chi connectivity index (χ1) is 20.0. The van der Waals surface area contributed by atoms with Gasteiger partial charge in [0.1, 0.15) is 5.75 Å². The highest BCUT2D eigenvalue weighted by molar-refractivity contribution is 8.19. The molecular weight excluding hydrogens is 560 g/mol. The highest BCUT2D eigenvalue weighted by Crippen LogP contribution is 2.37. The molecule has 0 aromatic heterocycles. The smallest absolute Gasteiger partial charge is 0.298 e. The number of benzene rings is 2. The maximum Gasteiger partial charge on any atom is 0.298 e. The minimum atomic E-state index is -0.334. The van der Waals surface area contributed by atoms with Crippen LogP contribution in [-0.2, 0) is 9.53 Å². The predicted molar refractivity (Wildman–Crippen MR) is 165 cm³/mol. The van der Waals surface area contributed by atoms with Crippen molar-refractivity contribution in [3.63, 3.8) is 0 Å². The molecule has 3 aliphatic heterocycles. The van der Waals surface area contributed by atoms with Crippen LogP contribution in [0.25, 0.3) is 6.08 Å². The lowest BCUT2D eigenvalue weighted by atomic mass is 10.1. The third-order valence-corrected chi connectivity index (χ3v) is 9.25.